The van der Waals surface area contributed by atoms with Gasteiger partial charge in [-0.3, -0.25) is 10.1 Å². The smallest absolute Gasteiger partial charge is 0.269 e. The van der Waals surface area contributed by atoms with Crippen LogP contribution in [0.1, 0.15) is 5.69 Å². The summed E-state index contributed by atoms with van der Waals surface area (Å²) in [4.78, 5) is 12.6. The number of rotatable bonds is 4. The van der Waals surface area contributed by atoms with Crippen LogP contribution in [0.4, 0.5) is 17.1 Å². The van der Waals surface area contributed by atoms with Crippen LogP contribution in [0.25, 0.3) is 17.0 Å². The van der Waals surface area contributed by atoms with E-state index in [9.17, 15) is 15.4 Å². The monoisotopic (exact) mass is 372 g/mol. The Morgan fingerprint density at radius 3 is 2.64 bits per heavy atom. The first kappa shape index (κ1) is 16.5. The molecule has 2 aliphatic rings. The number of para-hydroxylation sites is 1. The van der Waals surface area contributed by atoms with Crippen LogP contribution in [-0.2, 0) is 11.3 Å². The zero-order valence-electron chi connectivity index (χ0n) is 14.9. The molecule has 1 saturated heterocycles. The third-order valence-corrected chi connectivity index (χ3v) is 5.20. The standard InChI is InChI=1S/C21H16N4O3/c22-10-14-9-20-21(23(11-14)15-5-7-16(8-6-15)25(26)27)18-3-1-2-4-19(18)24(20)12-17-13-28-17/h1-9,17H,11-13H2. The SMILES string of the molecule is N#CC1=Cc2c(c3ccccc3n2CC2CO2)N(c2ccc([N+](=O)[O-])cc2)C1. The van der Waals surface area contributed by atoms with Gasteiger partial charge in [-0.25, -0.2) is 0 Å². The van der Waals surface area contributed by atoms with Crippen molar-refractivity contribution in [1.82, 2.24) is 4.57 Å². The van der Waals surface area contributed by atoms with Crippen LogP contribution < -0.4 is 4.90 Å². The Morgan fingerprint density at radius 1 is 1.21 bits per heavy atom. The van der Waals surface area contributed by atoms with Crippen LogP contribution >= 0.6 is 0 Å². The first-order valence-corrected chi connectivity index (χ1v) is 9.01. The third kappa shape index (κ3) is 2.63. The van der Waals surface area contributed by atoms with E-state index in [1.807, 2.05) is 18.2 Å². The largest absolute Gasteiger partial charge is 0.371 e. The van der Waals surface area contributed by atoms with E-state index in [2.05, 4.69) is 27.7 Å². The molecular weight excluding hydrogens is 356 g/mol. The number of fused-ring (bicyclic) bond motifs is 3. The van der Waals surface area contributed by atoms with Gasteiger partial charge in [0.1, 0.15) is 0 Å². The van der Waals surface area contributed by atoms with Crippen molar-refractivity contribution in [2.24, 2.45) is 0 Å². The van der Waals surface area contributed by atoms with Crippen molar-refractivity contribution in [3.63, 3.8) is 0 Å². The minimum Gasteiger partial charge on any atom is -0.371 e. The van der Waals surface area contributed by atoms with Crippen molar-refractivity contribution in [1.29, 1.82) is 5.26 Å². The summed E-state index contributed by atoms with van der Waals surface area (Å²) in [6.45, 7) is 1.91. The number of aromatic nitrogens is 1. The lowest BCUT2D eigenvalue weighted by molar-refractivity contribution is -0.384. The molecule has 1 fully saturated rings. The van der Waals surface area contributed by atoms with Gasteiger partial charge in [0.25, 0.3) is 5.69 Å². The Morgan fingerprint density at radius 2 is 1.96 bits per heavy atom. The molecular formula is C21H16N4O3. The maximum atomic E-state index is 11.0. The van der Waals surface area contributed by atoms with E-state index < -0.39 is 4.92 Å². The van der Waals surface area contributed by atoms with Gasteiger partial charge >= 0.3 is 0 Å². The van der Waals surface area contributed by atoms with Gasteiger partial charge in [-0.2, -0.15) is 5.26 Å². The van der Waals surface area contributed by atoms with Crippen LogP contribution in [0.5, 0.6) is 0 Å². The highest BCUT2D eigenvalue weighted by molar-refractivity contribution is 6.02. The lowest BCUT2D eigenvalue weighted by Crippen LogP contribution is -2.24. The average molecular weight is 372 g/mol. The second-order valence-electron chi connectivity index (χ2n) is 6.96. The fourth-order valence-corrected chi connectivity index (χ4v) is 3.81. The summed E-state index contributed by atoms with van der Waals surface area (Å²) in [6, 6.07) is 16.9. The number of anilines is 2. The molecule has 2 aromatic carbocycles. The van der Waals surface area contributed by atoms with Crippen molar-refractivity contribution < 1.29 is 9.66 Å². The van der Waals surface area contributed by atoms with E-state index in [1.165, 1.54) is 12.1 Å². The number of nitro benzene ring substituents is 1. The molecule has 1 atom stereocenters. The van der Waals surface area contributed by atoms with Crippen LogP contribution in [-0.4, -0.2) is 28.7 Å². The number of benzene rings is 2. The second kappa shape index (κ2) is 6.22. The summed E-state index contributed by atoms with van der Waals surface area (Å²) in [7, 11) is 0. The number of nitrogens with zero attached hydrogens (tertiary/aromatic N) is 4. The summed E-state index contributed by atoms with van der Waals surface area (Å²) in [5.74, 6) is 0. The quantitative estimate of drug-likeness (QED) is 0.392. The van der Waals surface area contributed by atoms with E-state index in [-0.39, 0.29) is 11.8 Å². The molecule has 7 heteroatoms. The molecule has 138 valence electrons. The highest BCUT2D eigenvalue weighted by Crippen LogP contribution is 2.43. The Bertz CT molecular complexity index is 1170. The Hall–Kier alpha value is -3.63. The molecule has 0 radical (unpaired) electrons. The van der Waals surface area contributed by atoms with Crippen LogP contribution in [0.2, 0.25) is 0 Å². The molecule has 0 spiro atoms. The fraction of sp³-hybridized carbons (Fsp3) is 0.190. The maximum Gasteiger partial charge on any atom is 0.269 e. The molecule has 0 saturated carbocycles. The summed E-state index contributed by atoms with van der Waals surface area (Å²) in [5, 5.41) is 21.7. The van der Waals surface area contributed by atoms with E-state index >= 15 is 0 Å². The minimum atomic E-state index is -0.409. The van der Waals surface area contributed by atoms with E-state index in [4.69, 9.17) is 4.74 Å². The molecule has 0 bridgehead atoms. The zero-order chi connectivity index (χ0) is 19.3. The van der Waals surface area contributed by atoms with Gasteiger partial charge in [0.05, 0.1) is 59.3 Å². The van der Waals surface area contributed by atoms with E-state index in [0.29, 0.717) is 12.1 Å². The summed E-state index contributed by atoms with van der Waals surface area (Å²) in [5.41, 5.74) is 4.59. The molecule has 5 rings (SSSR count). The molecule has 3 aromatic rings. The van der Waals surface area contributed by atoms with Gasteiger partial charge in [-0.05, 0) is 24.3 Å². The lowest BCUT2D eigenvalue weighted by Gasteiger charge is -2.28. The van der Waals surface area contributed by atoms with Gasteiger partial charge in [0, 0.05) is 23.2 Å². The predicted octanol–water partition coefficient (Wildman–Crippen LogP) is 4.01. The van der Waals surface area contributed by atoms with Crippen molar-refractivity contribution in [3.8, 4) is 6.07 Å². The third-order valence-electron chi connectivity index (χ3n) is 5.20. The molecule has 1 aromatic heterocycles. The van der Waals surface area contributed by atoms with Crippen LogP contribution in [0.15, 0.2) is 54.1 Å². The average Bonchev–Trinajstić information content (AvgIpc) is 3.50. The Kier molecular flexibility index (Phi) is 3.67. The van der Waals surface area contributed by atoms with Crippen LogP contribution in [0.3, 0.4) is 0 Å². The molecule has 2 aliphatic heterocycles. The Labute approximate surface area is 160 Å². The zero-order valence-corrected chi connectivity index (χ0v) is 14.9. The number of hydrogen-bond donors (Lipinski definition) is 0. The Balaban J connectivity index is 1.71. The number of non-ortho nitro benzene ring substituents is 1. The molecule has 28 heavy (non-hydrogen) atoms. The first-order valence-electron chi connectivity index (χ1n) is 9.01. The topological polar surface area (TPSA) is 87.6 Å². The van der Waals surface area contributed by atoms with E-state index in [1.54, 1.807) is 12.1 Å². The van der Waals surface area contributed by atoms with Gasteiger partial charge in [0.2, 0.25) is 0 Å². The first-order chi connectivity index (χ1) is 13.7. The van der Waals surface area contributed by atoms with Crippen molar-refractivity contribution in [2.45, 2.75) is 12.6 Å². The van der Waals surface area contributed by atoms with Gasteiger partial charge < -0.3 is 14.2 Å². The normalized spacial score (nSPS) is 17.8. The highest BCUT2D eigenvalue weighted by Gasteiger charge is 2.30. The summed E-state index contributed by atoms with van der Waals surface area (Å²) in [6.07, 6.45) is 2.15. The lowest BCUT2D eigenvalue weighted by atomic mass is 10.1. The van der Waals surface area contributed by atoms with Crippen molar-refractivity contribution in [2.75, 3.05) is 18.1 Å². The fourth-order valence-electron chi connectivity index (χ4n) is 3.81. The molecule has 0 aliphatic carbocycles. The maximum absolute atomic E-state index is 11.0. The highest BCUT2D eigenvalue weighted by atomic mass is 16.6. The number of epoxide rings is 1. The minimum absolute atomic E-state index is 0.0466. The number of ether oxygens (including phenoxy) is 1. The molecule has 7 nitrogen and oxygen atoms in total. The van der Waals surface area contributed by atoms with Crippen molar-refractivity contribution in [3.05, 3.63) is 69.9 Å². The number of nitriles is 1. The summed E-state index contributed by atoms with van der Waals surface area (Å²) >= 11 is 0. The molecule has 3 heterocycles. The number of nitro groups is 1. The summed E-state index contributed by atoms with van der Waals surface area (Å²) < 4.78 is 7.64. The number of hydrogen-bond acceptors (Lipinski definition) is 5. The molecule has 0 N–H and O–H groups in total. The van der Waals surface area contributed by atoms with Gasteiger partial charge in [0.15, 0.2) is 0 Å². The van der Waals surface area contributed by atoms with Gasteiger partial charge in [-0.15, -0.1) is 0 Å². The predicted molar refractivity (Wildman–Crippen MR) is 105 cm³/mol. The van der Waals surface area contributed by atoms with E-state index in [0.717, 1.165) is 41.1 Å². The molecule has 1 unspecified atom stereocenters. The second-order valence-corrected chi connectivity index (χ2v) is 6.96. The van der Waals surface area contributed by atoms with Crippen LogP contribution in [0, 0.1) is 21.4 Å². The molecule has 0 amide bonds. The van der Waals surface area contributed by atoms with Crippen molar-refractivity contribution >= 4 is 34.0 Å². The van der Waals surface area contributed by atoms with Gasteiger partial charge in [-0.1, -0.05) is 18.2 Å².